The average molecular weight is 281 g/mol. The van der Waals surface area contributed by atoms with Gasteiger partial charge in [-0.15, -0.1) is 11.3 Å². The zero-order valence-corrected chi connectivity index (χ0v) is 12.8. The summed E-state index contributed by atoms with van der Waals surface area (Å²) in [7, 11) is 4.44. The second-order valence-electron chi connectivity index (χ2n) is 5.87. The molecule has 0 radical (unpaired) electrons. The van der Waals surface area contributed by atoms with Crippen molar-refractivity contribution in [3.8, 4) is 0 Å². The minimum absolute atomic E-state index is 0.161. The van der Waals surface area contributed by atoms with Gasteiger partial charge in [0, 0.05) is 17.7 Å². The van der Waals surface area contributed by atoms with E-state index in [-0.39, 0.29) is 11.4 Å². The van der Waals surface area contributed by atoms with Gasteiger partial charge in [-0.05, 0) is 24.3 Å². The molecular formula is C15H25N2OS+. The molecule has 0 unspecified atom stereocenters. The Morgan fingerprint density at radius 1 is 1.37 bits per heavy atom. The van der Waals surface area contributed by atoms with Gasteiger partial charge in [-0.3, -0.25) is 4.79 Å². The molecular weight excluding hydrogens is 256 g/mol. The smallest absolute Gasteiger partial charge is 0.225 e. The van der Waals surface area contributed by atoms with Crippen LogP contribution in [0.4, 0.5) is 0 Å². The molecule has 1 aliphatic carbocycles. The number of amides is 1. The van der Waals surface area contributed by atoms with Gasteiger partial charge in [-0.1, -0.05) is 12.5 Å². The van der Waals surface area contributed by atoms with Gasteiger partial charge in [0.25, 0.3) is 0 Å². The number of hydrogen-bond acceptors (Lipinski definition) is 2. The lowest BCUT2D eigenvalue weighted by Crippen LogP contribution is -3.16. The van der Waals surface area contributed by atoms with Crippen LogP contribution in [0, 0.1) is 0 Å². The van der Waals surface area contributed by atoms with E-state index in [0.29, 0.717) is 6.42 Å². The summed E-state index contributed by atoms with van der Waals surface area (Å²) < 4.78 is 0. The Kier molecular flexibility index (Phi) is 4.99. The lowest BCUT2D eigenvalue weighted by molar-refractivity contribution is -0.916. The number of thiophene rings is 1. The van der Waals surface area contributed by atoms with Crippen molar-refractivity contribution >= 4 is 17.2 Å². The van der Waals surface area contributed by atoms with Crippen LogP contribution in [0.1, 0.15) is 37.0 Å². The van der Waals surface area contributed by atoms with Crippen molar-refractivity contribution < 1.29 is 9.69 Å². The van der Waals surface area contributed by atoms with Gasteiger partial charge < -0.3 is 10.2 Å². The topological polar surface area (TPSA) is 33.5 Å². The second-order valence-corrected chi connectivity index (χ2v) is 6.91. The maximum atomic E-state index is 12.0. The van der Waals surface area contributed by atoms with E-state index < -0.39 is 0 Å². The van der Waals surface area contributed by atoms with Crippen LogP contribution in [0.2, 0.25) is 0 Å². The molecule has 1 heterocycles. The third kappa shape index (κ3) is 3.80. The summed E-state index contributed by atoms with van der Waals surface area (Å²) in [6, 6.07) is 4.03. The summed E-state index contributed by atoms with van der Waals surface area (Å²) in [5, 5.41) is 5.18. The molecule has 0 atom stereocenters. The number of rotatable bonds is 5. The Balaban J connectivity index is 1.86. The monoisotopic (exact) mass is 281 g/mol. The summed E-state index contributed by atoms with van der Waals surface area (Å²) in [6.07, 6.45) is 6.93. The predicted octanol–water partition coefficient (Wildman–Crippen LogP) is 1.25. The van der Waals surface area contributed by atoms with E-state index in [9.17, 15) is 4.79 Å². The van der Waals surface area contributed by atoms with Crippen LogP contribution in [0.5, 0.6) is 0 Å². The van der Waals surface area contributed by atoms with Gasteiger partial charge in [0.2, 0.25) is 5.91 Å². The first-order valence-corrected chi connectivity index (χ1v) is 8.10. The lowest BCUT2D eigenvalue weighted by Gasteiger charge is -2.39. The van der Waals surface area contributed by atoms with Crippen LogP contribution in [-0.4, -0.2) is 32.1 Å². The highest BCUT2D eigenvalue weighted by atomic mass is 32.1. The Morgan fingerprint density at radius 2 is 2.11 bits per heavy atom. The third-order valence-electron chi connectivity index (χ3n) is 4.41. The van der Waals surface area contributed by atoms with E-state index in [4.69, 9.17) is 0 Å². The van der Waals surface area contributed by atoms with Gasteiger partial charge in [-0.2, -0.15) is 0 Å². The SMILES string of the molecule is C[NH+](C)C1(CNC(=O)Cc2cccs2)CCCCC1. The van der Waals surface area contributed by atoms with Crippen LogP contribution in [0.25, 0.3) is 0 Å². The van der Waals surface area contributed by atoms with E-state index >= 15 is 0 Å². The van der Waals surface area contributed by atoms with Gasteiger partial charge in [-0.25, -0.2) is 0 Å². The van der Waals surface area contributed by atoms with Gasteiger partial charge in [0.1, 0.15) is 5.54 Å². The molecule has 3 nitrogen and oxygen atoms in total. The first-order chi connectivity index (χ1) is 9.12. The number of likely N-dealkylation sites (N-methyl/N-ethyl adjacent to an activating group) is 1. The number of hydrogen-bond donors (Lipinski definition) is 2. The van der Waals surface area contributed by atoms with Gasteiger partial charge in [0.05, 0.1) is 27.1 Å². The molecule has 0 aromatic carbocycles. The molecule has 1 saturated carbocycles. The number of carbonyl (C=O) groups is 1. The maximum absolute atomic E-state index is 12.0. The lowest BCUT2D eigenvalue weighted by atomic mass is 9.80. The van der Waals surface area contributed by atoms with Crippen molar-refractivity contribution in [2.24, 2.45) is 0 Å². The molecule has 1 aromatic rings. The molecule has 1 aromatic heterocycles. The standard InChI is InChI=1S/C15H24N2OS/c1-17(2)15(8-4-3-5-9-15)12-16-14(18)11-13-7-6-10-19-13/h6-7,10H,3-5,8-9,11-12H2,1-2H3,(H,16,18)/p+1. The summed E-state index contributed by atoms with van der Waals surface area (Å²) in [5.74, 6) is 0.161. The van der Waals surface area contributed by atoms with Crippen molar-refractivity contribution in [2.45, 2.75) is 44.1 Å². The Bertz CT molecular complexity index is 394. The highest BCUT2D eigenvalue weighted by Gasteiger charge is 2.38. The molecule has 0 spiro atoms. The van der Waals surface area contributed by atoms with Crippen molar-refractivity contribution in [2.75, 3.05) is 20.6 Å². The van der Waals surface area contributed by atoms with Crippen LogP contribution in [0.3, 0.4) is 0 Å². The van der Waals surface area contributed by atoms with Crippen molar-refractivity contribution in [1.82, 2.24) is 5.32 Å². The van der Waals surface area contributed by atoms with Crippen molar-refractivity contribution in [3.63, 3.8) is 0 Å². The maximum Gasteiger partial charge on any atom is 0.225 e. The fourth-order valence-electron chi connectivity index (χ4n) is 2.98. The fraction of sp³-hybridized carbons (Fsp3) is 0.667. The van der Waals surface area contributed by atoms with Crippen LogP contribution in [-0.2, 0) is 11.2 Å². The van der Waals surface area contributed by atoms with Crippen LogP contribution >= 0.6 is 11.3 Å². The van der Waals surface area contributed by atoms with Crippen LogP contribution < -0.4 is 10.2 Å². The first kappa shape index (κ1) is 14.5. The summed E-state index contributed by atoms with van der Waals surface area (Å²) in [4.78, 5) is 14.6. The Hall–Kier alpha value is -0.870. The summed E-state index contributed by atoms with van der Waals surface area (Å²) in [5.41, 5.74) is 0.253. The second kappa shape index (κ2) is 6.53. The molecule has 0 saturated heterocycles. The highest BCUT2D eigenvalue weighted by Crippen LogP contribution is 2.24. The molecule has 106 valence electrons. The largest absolute Gasteiger partial charge is 0.350 e. The summed E-state index contributed by atoms with van der Waals surface area (Å²) >= 11 is 1.65. The van der Waals surface area contributed by atoms with Crippen LogP contribution in [0.15, 0.2) is 17.5 Å². The number of carbonyl (C=O) groups excluding carboxylic acids is 1. The van der Waals surface area contributed by atoms with Gasteiger partial charge in [0.15, 0.2) is 0 Å². The molecule has 2 rings (SSSR count). The van der Waals surface area contributed by atoms with E-state index in [1.54, 1.807) is 11.3 Å². The average Bonchev–Trinajstić information content (AvgIpc) is 2.90. The molecule has 19 heavy (non-hydrogen) atoms. The Morgan fingerprint density at radius 3 is 2.68 bits per heavy atom. The third-order valence-corrected chi connectivity index (χ3v) is 5.29. The van der Waals surface area contributed by atoms with Crippen molar-refractivity contribution in [3.05, 3.63) is 22.4 Å². The Labute approximate surface area is 120 Å². The molecule has 4 heteroatoms. The van der Waals surface area contributed by atoms with E-state index in [1.807, 2.05) is 17.5 Å². The van der Waals surface area contributed by atoms with E-state index in [0.717, 1.165) is 11.4 Å². The fourth-order valence-corrected chi connectivity index (χ4v) is 3.69. The quantitative estimate of drug-likeness (QED) is 0.837. The van der Waals surface area contributed by atoms with Crippen molar-refractivity contribution in [1.29, 1.82) is 0 Å². The van der Waals surface area contributed by atoms with E-state index in [1.165, 1.54) is 37.0 Å². The molecule has 0 bridgehead atoms. The molecule has 1 fully saturated rings. The first-order valence-electron chi connectivity index (χ1n) is 7.22. The zero-order valence-electron chi connectivity index (χ0n) is 12.0. The molecule has 1 aliphatic rings. The zero-order chi connectivity index (χ0) is 13.7. The number of quaternary nitrogens is 1. The number of nitrogens with one attached hydrogen (secondary N) is 2. The van der Waals surface area contributed by atoms with Gasteiger partial charge >= 0.3 is 0 Å². The normalized spacial score (nSPS) is 18.5. The summed E-state index contributed by atoms with van der Waals surface area (Å²) in [6.45, 7) is 0.819. The molecule has 1 amide bonds. The molecule has 0 aliphatic heterocycles. The van der Waals surface area contributed by atoms with E-state index in [2.05, 4.69) is 19.4 Å². The minimum atomic E-state index is 0.161. The highest BCUT2D eigenvalue weighted by molar-refractivity contribution is 7.10. The predicted molar refractivity (Wildman–Crippen MR) is 79.7 cm³/mol. The molecule has 2 N–H and O–H groups in total. The minimum Gasteiger partial charge on any atom is -0.350 e.